The average molecular weight is 375 g/mol. The van der Waals surface area contributed by atoms with Gasteiger partial charge in [0, 0.05) is 11.1 Å². The number of anilines is 1. The molecule has 0 radical (unpaired) electrons. The van der Waals surface area contributed by atoms with E-state index in [0.29, 0.717) is 31.2 Å². The number of aromatic nitrogens is 2. The van der Waals surface area contributed by atoms with Gasteiger partial charge in [0.25, 0.3) is 0 Å². The largest absolute Gasteiger partial charge is 0.369 e. The molecule has 0 unspecified atom stereocenters. The molecule has 2 aromatic carbocycles. The number of halogens is 4. The van der Waals surface area contributed by atoms with Gasteiger partial charge in [0.05, 0.1) is 26.2 Å². The molecular weight excluding hydrogens is 368 g/mol. The van der Waals surface area contributed by atoms with Crippen molar-refractivity contribution < 1.29 is 4.39 Å². The van der Waals surface area contributed by atoms with Crippen LogP contribution in [0.2, 0.25) is 10.0 Å². The first-order valence-electron chi connectivity index (χ1n) is 5.56. The first-order valence-corrected chi connectivity index (χ1v) is 7.10. The number of hydrogen-bond donors (Lipinski definition) is 1. The fraction of sp³-hybridized carbons (Fsp3) is 0. The summed E-state index contributed by atoms with van der Waals surface area (Å²) in [4.78, 5) is 4.14. The molecule has 0 saturated carbocycles. The maximum Gasteiger partial charge on any atom is 0.205 e. The maximum atomic E-state index is 13.5. The summed E-state index contributed by atoms with van der Waals surface area (Å²) in [5.41, 5.74) is 7.65. The molecule has 20 heavy (non-hydrogen) atoms. The van der Waals surface area contributed by atoms with Gasteiger partial charge in [0.1, 0.15) is 5.82 Å². The topological polar surface area (TPSA) is 43.8 Å². The van der Waals surface area contributed by atoms with Gasteiger partial charge in [-0.1, -0.05) is 23.2 Å². The molecule has 1 aromatic heterocycles. The minimum atomic E-state index is -0.399. The van der Waals surface area contributed by atoms with E-state index in [9.17, 15) is 4.39 Å². The molecule has 0 aliphatic heterocycles. The van der Waals surface area contributed by atoms with Crippen LogP contribution in [0.4, 0.5) is 10.3 Å². The Balaban J connectivity index is 2.35. The number of nitrogens with zero attached hydrogens (tertiary/aromatic N) is 2. The third-order valence-corrected chi connectivity index (χ3v) is 4.02. The van der Waals surface area contributed by atoms with Gasteiger partial charge >= 0.3 is 0 Å². The molecule has 0 fully saturated rings. The van der Waals surface area contributed by atoms with E-state index < -0.39 is 5.82 Å². The molecule has 0 aliphatic rings. The van der Waals surface area contributed by atoms with Gasteiger partial charge in [0.15, 0.2) is 0 Å². The summed E-state index contributed by atoms with van der Waals surface area (Å²) >= 11 is 15.2. The Morgan fingerprint density at radius 3 is 2.65 bits per heavy atom. The number of nitrogen functional groups attached to an aromatic ring is 1. The predicted octanol–water partition coefficient (Wildman–Crippen LogP) is 4.82. The summed E-state index contributed by atoms with van der Waals surface area (Å²) in [5, 5.41) is 0.956. The summed E-state index contributed by atoms with van der Waals surface area (Å²) < 4.78 is 15.5. The van der Waals surface area contributed by atoms with E-state index in [4.69, 9.17) is 28.9 Å². The third kappa shape index (κ3) is 2.16. The van der Waals surface area contributed by atoms with Crippen molar-refractivity contribution in [2.24, 2.45) is 0 Å². The normalized spacial score (nSPS) is 11.2. The first kappa shape index (κ1) is 13.7. The number of benzene rings is 2. The smallest absolute Gasteiger partial charge is 0.205 e. The summed E-state index contributed by atoms with van der Waals surface area (Å²) in [6, 6.07) is 7.98. The van der Waals surface area contributed by atoms with Crippen molar-refractivity contribution in [3.8, 4) is 5.69 Å². The Morgan fingerprint density at radius 2 is 1.95 bits per heavy atom. The Hall–Kier alpha value is -1.30. The molecule has 0 amide bonds. The highest BCUT2D eigenvalue weighted by molar-refractivity contribution is 9.10. The van der Waals surface area contributed by atoms with Crippen molar-refractivity contribution in [1.82, 2.24) is 9.55 Å². The molecule has 0 atom stereocenters. The first-order chi connectivity index (χ1) is 9.47. The summed E-state index contributed by atoms with van der Waals surface area (Å²) in [6.07, 6.45) is 0. The minimum absolute atomic E-state index is 0.224. The number of nitrogens with two attached hydrogens (primary N) is 1. The monoisotopic (exact) mass is 373 g/mol. The molecule has 2 N–H and O–H groups in total. The van der Waals surface area contributed by atoms with Gasteiger partial charge in [-0.05, 0) is 40.2 Å². The SMILES string of the molecule is Nc1nc2cc(F)c(Br)cc2n1-c1ccc(Cl)cc1Cl. The molecule has 3 aromatic rings. The van der Waals surface area contributed by atoms with Gasteiger partial charge < -0.3 is 5.73 Å². The van der Waals surface area contributed by atoms with Gasteiger partial charge in [-0.3, -0.25) is 4.57 Å². The lowest BCUT2D eigenvalue weighted by Gasteiger charge is -2.09. The van der Waals surface area contributed by atoms with Gasteiger partial charge in [-0.25, -0.2) is 9.37 Å². The van der Waals surface area contributed by atoms with Crippen molar-refractivity contribution in [2.45, 2.75) is 0 Å². The predicted molar refractivity (Wildman–Crippen MR) is 83.2 cm³/mol. The third-order valence-electron chi connectivity index (χ3n) is 2.87. The van der Waals surface area contributed by atoms with Crippen molar-refractivity contribution in [3.63, 3.8) is 0 Å². The van der Waals surface area contributed by atoms with Crippen LogP contribution in [-0.4, -0.2) is 9.55 Å². The van der Waals surface area contributed by atoms with Crippen LogP contribution in [0.3, 0.4) is 0 Å². The van der Waals surface area contributed by atoms with Crippen LogP contribution in [-0.2, 0) is 0 Å². The van der Waals surface area contributed by atoms with Gasteiger partial charge in [-0.2, -0.15) is 0 Å². The molecular formula is C13H7BrCl2FN3. The zero-order valence-electron chi connectivity index (χ0n) is 9.87. The molecule has 0 bridgehead atoms. The van der Waals surface area contributed by atoms with Crippen LogP contribution >= 0.6 is 39.1 Å². The van der Waals surface area contributed by atoms with Crippen molar-refractivity contribution in [1.29, 1.82) is 0 Å². The Bertz CT molecular complexity index is 832. The Morgan fingerprint density at radius 1 is 1.20 bits per heavy atom. The molecule has 0 spiro atoms. The van der Waals surface area contributed by atoms with E-state index in [1.165, 1.54) is 6.07 Å². The average Bonchev–Trinajstić information content (AvgIpc) is 2.66. The van der Waals surface area contributed by atoms with Crippen molar-refractivity contribution >= 4 is 56.1 Å². The zero-order chi connectivity index (χ0) is 14.4. The summed E-state index contributed by atoms with van der Waals surface area (Å²) in [5.74, 6) is -0.175. The van der Waals surface area contributed by atoms with Crippen LogP contribution < -0.4 is 5.73 Å². The fourth-order valence-electron chi connectivity index (χ4n) is 2.01. The van der Waals surface area contributed by atoms with E-state index in [-0.39, 0.29) is 5.95 Å². The van der Waals surface area contributed by atoms with E-state index >= 15 is 0 Å². The van der Waals surface area contributed by atoms with E-state index in [1.54, 1.807) is 28.8 Å². The molecule has 0 aliphatic carbocycles. The Kier molecular flexibility index (Phi) is 3.36. The molecule has 3 nitrogen and oxygen atoms in total. The van der Waals surface area contributed by atoms with Crippen LogP contribution in [0, 0.1) is 5.82 Å². The zero-order valence-corrected chi connectivity index (χ0v) is 13.0. The number of rotatable bonds is 1. The van der Waals surface area contributed by atoms with Crippen LogP contribution in [0.25, 0.3) is 16.7 Å². The molecule has 0 saturated heterocycles. The standard InChI is InChI=1S/C13H7BrCl2FN3/c14-7-4-12-10(5-9(7)17)19-13(18)20(12)11-2-1-6(15)3-8(11)16/h1-5H,(H2,18,19). The second-order valence-corrected chi connectivity index (χ2v) is 5.85. The van der Waals surface area contributed by atoms with Crippen molar-refractivity contribution in [3.05, 3.63) is 50.7 Å². The van der Waals surface area contributed by atoms with E-state index in [0.717, 1.165) is 0 Å². The molecule has 7 heteroatoms. The fourth-order valence-corrected chi connectivity index (χ4v) is 2.83. The highest BCUT2D eigenvalue weighted by atomic mass is 79.9. The lowest BCUT2D eigenvalue weighted by molar-refractivity contribution is 0.623. The summed E-state index contributed by atoms with van der Waals surface area (Å²) in [6.45, 7) is 0. The number of fused-ring (bicyclic) bond motifs is 1. The lowest BCUT2D eigenvalue weighted by atomic mass is 10.2. The summed E-state index contributed by atoms with van der Waals surface area (Å²) in [7, 11) is 0. The van der Waals surface area contributed by atoms with Crippen LogP contribution in [0.15, 0.2) is 34.8 Å². The van der Waals surface area contributed by atoms with Crippen LogP contribution in [0.5, 0.6) is 0 Å². The quantitative estimate of drug-likeness (QED) is 0.663. The van der Waals surface area contributed by atoms with Crippen molar-refractivity contribution in [2.75, 3.05) is 5.73 Å². The van der Waals surface area contributed by atoms with E-state index in [2.05, 4.69) is 20.9 Å². The van der Waals surface area contributed by atoms with Crippen LogP contribution in [0.1, 0.15) is 0 Å². The minimum Gasteiger partial charge on any atom is -0.369 e. The highest BCUT2D eigenvalue weighted by Crippen LogP contribution is 2.32. The molecule has 3 rings (SSSR count). The van der Waals surface area contributed by atoms with E-state index in [1.807, 2.05) is 0 Å². The second kappa shape index (κ2) is 4.91. The Labute approximate surface area is 132 Å². The molecule has 102 valence electrons. The second-order valence-electron chi connectivity index (χ2n) is 4.16. The van der Waals surface area contributed by atoms with Gasteiger partial charge in [0.2, 0.25) is 5.95 Å². The van der Waals surface area contributed by atoms with Gasteiger partial charge in [-0.15, -0.1) is 0 Å². The number of hydrogen-bond acceptors (Lipinski definition) is 2. The lowest BCUT2D eigenvalue weighted by Crippen LogP contribution is -2.01. The number of imidazole rings is 1. The maximum absolute atomic E-state index is 13.5. The molecule has 1 heterocycles. The highest BCUT2D eigenvalue weighted by Gasteiger charge is 2.15.